The van der Waals surface area contributed by atoms with E-state index < -0.39 is 0 Å². The number of guanidine groups is 1. The number of hydrogen-bond acceptors (Lipinski definition) is 3. The Morgan fingerprint density at radius 3 is 2.50 bits per heavy atom. The standard InChI is InChI=1S/C22H31N5O/c1-17(19-10-6-5-7-11-19)26-22(23-2)25-16-18-9-8-12-20(15-18)21(28)24-13-14-27(3)4/h5-12,15,17H,13-14,16H2,1-4H3,(H,24,28)(H2,23,25,26). The summed E-state index contributed by atoms with van der Waals surface area (Å²) in [5, 5.41) is 9.64. The highest BCUT2D eigenvalue weighted by Crippen LogP contribution is 2.11. The first kappa shape index (κ1) is 21.4. The Balaban J connectivity index is 1.89. The predicted molar refractivity (Wildman–Crippen MR) is 116 cm³/mol. The Morgan fingerprint density at radius 1 is 1.07 bits per heavy atom. The summed E-state index contributed by atoms with van der Waals surface area (Å²) >= 11 is 0. The molecule has 0 aliphatic carbocycles. The van der Waals surface area contributed by atoms with Gasteiger partial charge in [-0.2, -0.15) is 0 Å². The van der Waals surface area contributed by atoms with E-state index >= 15 is 0 Å². The Hall–Kier alpha value is -2.86. The third-order valence-corrected chi connectivity index (χ3v) is 4.37. The number of nitrogens with one attached hydrogen (secondary N) is 3. The maximum atomic E-state index is 12.3. The monoisotopic (exact) mass is 381 g/mol. The van der Waals surface area contributed by atoms with E-state index in [0.717, 1.165) is 18.1 Å². The fourth-order valence-corrected chi connectivity index (χ4v) is 2.73. The Kier molecular flexibility index (Phi) is 8.49. The quantitative estimate of drug-likeness (QED) is 0.485. The fourth-order valence-electron chi connectivity index (χ4n) is 2.73. The molecular weight excluding hydrogens is 350 g/mol. The largest absolute Gasteiger partial charge is 0.352 e. The molecule has 0 saturated carbocycles. The molecule has 1 atom stereocenters. The predicted octanol–water partition coefficient (Wildman–Crippen LogP) is 2.40. The summed E-state index contributed by atoms with van der Waals surface area (Å²) in [6.07, 6.45) is 0. The molecule has 2 aromatic carbocycles. The lowest BCUT2D eigenvalue weighted by atomic mass is 10.1. The van der Waals surface area contributed by atoms with Gasteiger partial charge < -0.3 is 20.9 Å². The third-order valence-electron chi connectivity index (χ3n) is 4.37. The van der Waals surface area contributed by atoms with E-state index in [9.17, 15) is 4.79 Å². The highest BCUT2D eigenvalue weighted by atomic mass is 16.1. The molecule has 0 bridgehead atoms. The van der Waals surface area contributed by atoms with Crippen LogP contribution in [-0.2, 0) is 6.54 Å². The number of carbonyl (C=O) groups excluding carboxylic acids is 1. The second-order valence-corrected chi connectivity index (χ2v) is 6.96. The Labute approximate surface area is 168 Å². The number of likely N-dealkylation sites (N-methyl/N-ethyl adjacent to an activating group) is 1. The second kappa shape index (κ2) is 11.1. The number of aliphatic imine (C=N–C) groups is 1. The summed E-state index contributed by atoms with van der Waals surface area (Å²) in [4.78, 5) is 18.6. The maximum absolute atomic E-state index is 12.3. The smallest absolute Gasteiger partial charge is 0.251 e. The van der Waals surface area contributed by atoms with Crippen molar-refractivity contribution in [2.45, 2.75) is 19.5 Å². The second-order valence-electron chi connectivity index (χ2n) is 6.96. The van der Waals surface area contributed by atoms with Gasteiger partial charge in [0, 0.05) is 32.2 Å². The number of hydrogen-bond donors (Lipinski definition) is 3. The van der Waals surface area contributed by atoms with Gasteiger partial charge in [-0.1, -0.05) is 42.5 Å². The van der Waals surface area contributed by atoms with Crippen LogP contribution in [0.5, 0.6) is 0 Å². The van der Waals surface area contributed by atoms with Crippen LogP contribution in [0.1, 0.15) is 34.5 Å². The van der Waals surface area contributed by atoms with Crippen molar-refractivity contribution in [1.29, 1.82) is 0 Å². The number of carbonyl (C=O) groups is 1. The maximum Gasteiger partial charge on any atom is 0.251 e. The Bertz CT molecular complexity index is 774. The molecule has 0 spiro atoms. The summed E-state index contributed by atoms with van der Waals surface area (Å²) in [5.74, 6) is 0.668. The molecule has 1 amide bonds. The van der Waals surface area contributed by atoms with Gasteiger partial charge in [0.25, 0.3) is 5.91 Å². The summed E-state index contributed by atoms with van der Waals surface area (Å²) < 4.78 is 0. The molecule has 150 valence electrons. The molecule has 2 aromatic rings. The van der Waals surface area contributed by atoms with Gasteiger partial charge in [0.15, 0.2) is 5.96 Å². The van der Waals surface area contributed by atoms with E-state index in [1.807, 2.05) is 61.5 Å². The van der Waals surface area contributed by atoms with E-state index in [1.54, 1.807) is 7.05 Å². The molecule has 28 heavy (non-hydrogen) atoms. The minimum absolute atomic E-state index is 0.0519. The molecular formula is C22H31N5O. The Morgan fingerprint density at radius 2 is 1.82 bits per heavy atom. The zero-order valence-corrected chi connectivity index (χ0v) is 17.2. The van der Waals surface area contributed by atoms with Crippen molar-refractivity contribution in [3.05, 3.63) is 71.3 Å². The van der Waals surface area contributed by atoms with Gasteiger partial charge in [-0.15, -0.1) is 0 Å². The SMILES string of the molecule is CN=C(NCc1cccc(C(=O)NCCN(C)C)c1)NC(C)c1ccccc1. The van der Waals surface area contributed by atoms with Crippen LogP contribution in [0.15, 0.2) is 59.6 Å². The minimum Gasteiger partial charge on any atom is -0.352 e. The van der Waals surface area contributed by atoms with Crippen molar-refractivity contribution in [1.82, 2.24) is 20.9 Å². The summed E-state index contributed by atoms with van der Waals surface area (Å²) in [6.45, 7) is 4.12. The number of benzene rings is 2. The van der Waals surface area contributed by atoms with Gasteiger partial charge in [0.2, 0.25) is 0 Å². The number of amides is 1. The molecule has 0 aromatic heterocycles. The molecule has 6 nitrogen and oxygen atoms in total. The average Bonchev–Trinajstić information content (AvgIpc) is 2.71. The lowest BCUT2D eigenvalue weighted by Crippen LogP contribution is -2.38. The van der Waals surface area contributed by atoms with Gasteiger partial charge in [-0.3, -0.25) is 9.79 Å². The first-order valence-electron chi connectivity index (χ1n) is 9.53. The van der Waals surface area contributed by atoms with Crippen molar-refractivity contribution in [3.8, 4) is 0 Å². The topological polar surface area (TPSA) is 68.8 Å². The van der Waals surface area contributed by atoms with Gasteiger partial charge in [0.05, 0.1) is 6.04 Å². The van der Waals surface area contributed by atoms with E-state index in [-0.39, 0.29) is 11.9 Å². The van der Waals surface area contributed by atoms with Crippen molar-refractivity contribution in [2.75, 3.05) is 34.2 Å². The van der Waals surface area contributed by atoms with E-state index in [1.165, 1.54) is 5.56 Å². The normalized spacial score (nSPS) is 12.5. The van der Waals surface area contributed by atoms with E-state index in [0.29, 0.717) is 18.7 Å². The molecule has 2 rings (SSSR count). The van der Waals surface area contributed by atoms with Crippen LogP contribution in [-0.4, -0.2) is 51.0 Å². The zero-order chi connectivity index (χ0) is 20.4. The number of rotatable bonds is 8. The molecule has 0 fully saturated rings. The van der Waals surface area contributed by atoms with Crippen molar-refractivity contribution >= 4 is 11.9 Å². The first-order valence-corrected chi connectivity index (χ1v) is 9.53. The van der Waals surface area contributed by atoms with E-state index in [2.05, 4.69) is 40.0 Å². The lowest BCUT2D eigenvalue weighted by Gasteiger charge is -2.18. The van der Waals surface area contributed by atoms with Crippen LogP contribution in [0, 0.1) is 0 Å². The lowest BCUT2D eigenvalue weighted by molar-refractivity contribution is 0.0951. The van der Waals surface area contributed by atoms with Crippen LogP contribution in [0.4, 0.5) is 0 Å². The van der Waals surface area contributed by atoms with Crippen molar-refractivity contribution in [3.63, 3.8) is 0 Å². The van der Waals surface area contributed by atoms with E-state index in [4.69, 9.17) is 0 Å². The highest BCUT2D eigenvalue weighted by Gasteiger charge is 2.09. The van der Waals surface area contributed by atoms with Crippen LogP contribution < -0.4 is 16.0 Å². The van der Waals surface area contributed by atoms with Crippen LogP contribution in [0.3, 0.4) is 0 Å². The van der Waals surface area contributed by atoms with Crippen LogP contribution in [0.25, 0.3) is 0 Å². The van der Waals surface area contributed by atoms with Gasteiger partial charge in [-0.25, -0.2) is 0 Å². The molecule has 0 aliphatic heterocycles. The van der Waals surface area contributed by atoms with Crippen LogP contribution >= 0.6 is 0 Å². The average molecular weight is 382 g/mol. The molecule has 0 saturated heterocycles. The van der Waals surface area contributed by atoms with Gasteiger partial charge in [0.1, 0.15) is 0 Å². The molecule has 0 radical (unpaired) electrons. The molecule has 6 heteroatoms. The summed E-state index contributed by atoms with van der Waals surface area (Å²) in [7, 11) is 5.72. The number of nitrogens with zero attached hydrogens (tertiary/aromatic N) is 2. The van der Waals surface area contributed by atoms with Crippen molar-refractivity contribution < 1.29 is 4.79 Å². The molecule has 3 N–H and O–H groups in total. The highest BCUT2D eigenvalue weighted by molar-refractivity contribution is 5.94. The molecule has 1 unspecified atom stereocenters. The summed E-state index contributed by atoms with van der Waals surface area (Å²) in [6, 6.07) is 18.0. The molecule has 0 aliphatic rings. The zero-order valence-electron chi connectivity index (χ0n) is 17.2. The van der Waals surface area contributed by atoms with Gasteiger partial charge >= 0.3 is 0 Å². The summed E-state index contributed by atoms with van der Waals surface area (Å²) in [5.41, 5.74) is 2.89. The first-order chi connectivity index (χ1) is 13.5. The molecule has 0 heterocycles. The van der Waals surface area contributed by atoms with Crippen LogP contribution in [0.2, 0.25) is 0 Å². The third kappa shape index (κ3) is 7.04. The minimum atomic E-state index is -0.0519. The van der Waals surface area contributed by atoms with Crippen molar-refractivity contribution in [2.24, 2.45) is 4.99 Å². The van der Waals surface area contributed by atoms with Gasteiger partial charge in [-0.05, 0) is 44.3 Å². The fraction of sp³-hybridized carbons (Fsp3) is 0.364.